The van der Waals surface area contributed by atoms with E-state index in [1.165, 1.54) is 58.1 Å². The summed E-state index contributed by atoms with van der Waals surface area (Å²) in [7, 11) is 2.88. The second-order valence-electron chi connectivity index (χ2n) is 7.30. The maximum atomic E-state index is 13.0. The van der Waals surface area contributed by atoms with Gasteiger partial charge in [-0.3, -0.25) is 18.7 Å². The molecule has 0 aliphatic heterocycles. The van der Waals surface area contributed by atoms with E-state index < -0.39 is 33.7 Å². The second kappa shape index (κ2) is 9.08. The molecule has 0 aliphatic carbocycles. The van der Waals surface area contributed by atoms with E-state index in [1.54, 1.807) is 18.2 Å². The van der Waals surface area contributed by atoms with Gasteiger partial charge in [0, 0.05) is 45.0 Å². The summed E-state index contributed by atoms with van der Waals surface area (Å²) in [6.45, 7) is -0.481. The molecule has 1 amide bonds. The fourth-order valence-electron chi connectivity index (χ4n) is 3.28. The molecule has 2 aromatic carbocycles. The zero-order chi connectivity index (χ0) is 24.5. The first kappa shape index (κ1) is 24.0. The maximum Gasteiger partial charge on any atom is 0.330 e. The standard InChI is InChI=1S/C21H24N4O7S/c1-23(12-19(26)22-13-8-14(31-4)10-15(9-13)32-5)33(29,30)16-6-7-18-17(11-16)20(27)25(3)21(28)24(18)2/h6-11H,12H2,1-5H3,(H,22,26). The van der Waals surface area contributed by atoms with Gasteiger partial charge < -0.3 is 14.8 Å². The third kappa shape index (κ3) is 4.61. The summed E-state index contributed by atoms with van der Waals surface area (Å²) in [4.78, 5) is 36.9. The quantitative estimate of drug-likeness (QED) is 0.526. The van der Waals surface area contributed by atoms with Gasteiger partial charge in [0.25, 0.3) is 5.56 Å². The van der Waals surface area contributed by atoms with Crippen LogP contribution in [0.5, 0.6) is 11.5 Å². The second-order valence-corrected chi connectivity index (χ2v) is 9.34. The Morgan fingerprint density at radius 3 is 2.18 bits per heavy atom. The molecular weight excluding hydrogens is 452 g/mol. The smallest absolute Gasteiger partial charge is 0.330 e. The van der Waals surface area contributed by atoms with Crippen LogP contribution in [0.25, 0.3) is 10.9 Å². The Morgan fingerprint density at radius 1 is 1.00 bits per heavy atom. The van der Waals surface area contributed by atoms with E-state index in [-0.39, 0.29) is 10.3 Å². The molecule has 3 aromatic rings. The van der Waals surface area contributed by atoms with Crippen molar-refractivity contribution in [1.82, 2.24) is 13.4 Å². The summed E-state index contributed by atoms with van der Waals surface area (Å²) in [6, 6.07) is 8.65. The molecular formula is C21H24N4O7S. The molecule has 1 heterocycles. The molecule has 0 aliphatic rings. The van der Waals surface area contributed by atoms with Crippen molar-refractivity contribution in [3.63, 3.8) is 0 Å². The van der Waals surface area contributed by atoms with Crippen LogP contribution in [0.3, 0.4) is 0 Å². The van der Waals surface area contributed by atoms with Crippen molar-refractivity contribution in [3.8, 4) is 11.5 Å². The number of nitrogens with one attached hydrogen (secondary N) is 1. The van der Waals surface area contributed by atoms with E-state index in [2.05, 4.69) is 5.32 Å². The molecule has 176 valence electrons. The van der Waals surface area contributed by atoms with Crippen LogP contribution >= 0.6 is 0 Å². The molecule has 0 bridgehead atoms. The number of aromatic nitrogens is 2. The van der Waals surface area contributed by atoms with Crippen LogP contribution in [-0.4, -0.2) is 55.6 Å². The van der Waals surface area contributed by atoms with Gasteiger partial charge in [-0.2, -0.15) is 4.31 Å². The Morgan fingerprint density at radius 2 is 1.61 bits per heavy atom. The number of carbonyl (C=O) groups is 1. The molecule has 0 saturated heterocycles. The van der Waals surface area contributed by atoms with Gasteiger partial charge >= 0.3 is 5.69 Å². The summed E-state index contributed by atoms with van der Waals surface area (Å²) in [6.07, 6.45) is 0. The molecule has 3 rings (SSSR count). The summed E-state index contributed by atoms with van der Waals surface area (Å²) >= 11 is 0. The van der Waals surface area contributed by atoms with Crippen molar-refractivity contribution in [2.24, 2.45) is 14.1 Å². The SMILES string of the molecule is COc1cc(NC(=O)CN(C)S(=O)(=O)c2ccc3c(c2)c(=O)n(C)c(=O)n3C)cc(OC)c1. The highest BCUT2D eigenvalue weighted by Crippen LogP contribution is 2.26. The molecule has 0 unspecified atom stereocenters. The molecule has 0 radical (unpaired) electrons. The van der Waals surface area contributed by atoms with E-state index in [1.807, 2.05) is 0 Å². The summed E-state index contributed by atoms with van der Waals surface area (Å²) in [5, 5.41) is 2.68. The van der Waals surface area contributed by atoms with Crippen molar-refractivity contribution in [1.29, 1.82) is 0 Å². The van der Waals surface area contributed by atoms with E-state index in [9.17, 15) is 22.8 Å². The van der Waals surface area contributed by atoms with Gasteiger partial charge in [0.15, 0.2) is 0 Å². The number of hydrogen-bond donors (Lipinski definition) is 1. The maximum absolute atomic E-state index is 13.0. The highest BCUT2D eigenvalue weighted by molar-refractivity contribution is 7.89. The number of rotatable bonds is 7. The van der Waals surface area contributed by atoms with Gasteiger partial charge in [-0.25, -0.2) is 13.2 Å². The van der Waals surface area contributed by atoms with Crippen molar-refractivity contribution >= 4 is 32.5 Å². The molecule has 0 spiro atoms. The Bertz CT molecular complexity index is 1440. The molecule has 0 saturated carbocycles. The summed E-state index contributed by atoms with van der Waals surface area (Å²) in [5.41, 5.74) is -0.463. The third-order valence-corrected chi connectivity index (χ3v) is 6.95. The molecule has 0 atom stereocenters. The molecule has 1 N–H and O–H groups in total. The van der Waals surface area contributed by atoms with E-state index >= 15 is 0 Å². The van der Waals surface area contributed by atoms with Gasteiger partial charge in [0.2, 0.25) is 15.9 Å². The monoisotopic (exact) mass is 476 g/mol. The van der Waals surface area contributed by atoms with E-state index in [4.69, 9.17) is 9.47 Å². The Hall–Kier alpha value is -3.64. The Balaban J connectivity index is 1.87. The van der Waals surface area contributed by atoms with Gasteiger partial charge in [-0.15, -0.1) is 0 Å². The van der Waals surface area contributed by atoms with Crippen LogP contribution < -0.4 is 26.0 Å². The molecule has 12 heteroatoms. The van der Waals surface area contributed by atoms with Gasteiger partial charge in [-0.05, 0) is 18.2 Å². The number of nitrogens with zero attached hydrogens (tertiary/aromatic N) is 3. The van der Waals surface area contributed by atoms with Crippen LogP contribution in [-0.2, 0) is 28.9 Å². The number of aryl methyl sites for hydroxylation is 1. The largest absolute Gasteiger partial charge is 0.497 e. The normalized spacial score (nSPS) is 11.6. The van der Waals surface area contributed by atoms with Crippen LogP contribution in [0.15, 0.2) is 50.9 Å². The van der Waals surface area contributed by atoms with Crippen molar-refractivity contribution in [2.45, 2.75) is 4.90 Å². The van der Waals surface area contributed by atoms with Crippen LogP contribution in [0.4, 0.5) is 5.69 Å². The minimum Gasteiger partial charge on any atom is -0.497 e. The average Bonchev–Trinajstić information content (AvgIpc) is 2.80. The van der Waals surface area contributed by atoms with Crippen LogP contribution in [0.1, 0.15) is 0 Å². The number of methoxy groups -OCH3 is 2. The minimum absolute atomic E-state index is 0.0713. The number of hydrogen-bond acceptors (Lipinski definition) is 7. The van der Waals surface area contributed by atoms with Crippen molar-refractivity contribution in [3.05, 3.63) is 57.2 Å². The number of carbonyl (C=O) groups excluding carboxylic acids is 1. The lowest BCUT2D eigenvalue weighted by Gasteiger charge is -2.18. The Kier molecular flexibility index (Phi) is 6.60. The lowest BCUT2D eigenvalue weighted by Crippen LogP contribution is -2.37. The fourth-order valence-corrected chi connectivity index (χ4v) is 4.44. The van der Waals surface area contributed by atoms with E-state index in [0.717, 1.165) is 8.87 Å². The average molecular weight is 477 g/mol. The number of anilines is 1. The zero-order valence-electron chi connectivity index (χ0n) is 18.8. The lowest BCUT2D eigenvalue weighted by molar-refractivity contribution is -0.116. The zero-order valence-corrected chi connectivity index (χ0v) is 19.6. The number of benzene rings is 2. The number of fused-ring (bicyclic) bond motifs is 1. The van der Waals surface area contributed by atoms with Crippen molar-refractivity contribution in [2.75, 3.05) is 33.1 Å². The molecule has 11 nitrogen and oxygen atoms in total. The number of sulfonamides is 1. The van der Waals surface area contributed by atoms with Gasteiger partial charge in [0.05, 0.1) is 36.6 Å². The molecule has 1 aromatic heterocycles. The first-order chi connectivity index (χ1) is 15.5. The third-order valence-electron chi connectivity index (χ3n) is 5.15. The molecule has 0 fully saturated rings. The van der Waals surface area contributed by atoms with Gasteiger partial charge in [-0.1, -0.05) is 0 Å². The summed E-state index contributed by atoms with van der Waals surface area (Å²) in [5.74, 6) is 0.325. The van der Waals surface area contributed by atoms with E-state index in [0.29, 0.717) is 22.7 Å². The first-order valence-electron chi connectivity index (χ1n) is 9.68. The molecule has 33 heavy (non-hydrogen) atoms. The number of amides is 1. The fraction of sp³-hybridized carbons (Fsp3) is 0.286. The van der Waals surface area contributed by atoms with Crippen LogP contribution in [0.2, 0.25) is 0 Å². The first-order valence-corrected chi connectivity index (χ1v) is 11.1. The van der Waals surface area contributed by atoms with Crippen LogP contribution in [0, 0.1) is 0 Å². The topological polar surface area (TPSA) is 129 Å². The highest BCUT2D eigenvalue weighted by atomic mass is 32.2. The lowest BCUT2D eigenvalue weighted by atomic mass is 10.2. The van der Waals surface area contributed by atoms with Gasteiger partial charge in [0.1, 0.15) is 11.5 Å². The Labute approximate surface area is 189 Å². The predicted molar refractivity (Wildman–Crippen MR) is 122 cm³/mol. The predicted octanol–water partition coefficient (Wildman–Crippen LogP) is 0.514. The minimum atomic E-state index is -4.11. The summed E-state index contributed by atoms with van der Waals surface area (Å²) < 4.78 is 39.4. The number of ether oxygens (including phenoxy) is 2. The number of likely N-dealkylation sites (N-methyl/N-ethyl adjacent to an activating group) is 1. The van der Waals surface area contributed by atoms with Crippen molar-refractivity contribution < 1.29 is 22.7 Å². The highest BCUT2D eigenvalue weighted by Gasteiger charge is 2.24.